The molecule has 0 aromatic carbocycles. The summed E-state index contributed by atoms with van der Waals surface area (Å²) in [5, 5.41) is -2.59. The average molecular weight is 285 g/mol. The van der Waals surface area contributed by atoms with E-state index in [-0.39, 0.29) is 0 Å². The fraction of sp³-hybridized carbons (Fsp3) is 0.846. The molecule has 0 amide bonds. The van der Waals surface area contributed by atoms with Gasteiger partial charge in [-0.15, -0.1) is 0 Å². The summed E-state index contributed by atoms with van der Waals surface area (Å²) in [7, 11) is 0. The molecular formula is C13H27Cl2P. The first-order chi connectivity index (χ1) is 7.10. The fourth-order valence-corrected chi connectivity index (χ4v) is 4.73. The number of halogens is 2. The number of rotatable bonds is 6. The van der Waals surface area contributed by atoms with Crippen LogP contribution in [0.2, 0.25) is 0 Å². The molecule has 0 atom stereocenters. The average Bonchev–Trinajstić information content (AvgIpc) is 2.12. The van der Waals surface area contributed by atoms with Gasteiger partial charge in [0.15, 0.2) is 0 Å². The molecule has 0 radical (unpaired) electrons. The van der Waals surface area contributed by atoms with Crippen molar-refractivity contribution in [1.82, 2.24) is 0 Å². The Balaban J connectivity index is 4.66. The monoisotopic (exact) mass is 284 g/mol. The van der Waals surface area contributed by atoms with E-state index in [9.17, 15) is 0 Å². The van der Waals surface area contributed by atoms with E-state index < -0.39 is 5.31 Å². The molecule has 0 aliphatic carbocycles. The van der Waals surface area contributed by atoms with Gasteiger partial charge in [0.25, 0.3) is 0 Å². The van der Waals surface area contributed by atoms with Crippen molar-refractivity contribution in [2.75, 3.05) is 6.16 Å². The van der Waals surface area contributed by atoms with Crippen LogP contribution < -0.4 is 0 Å². The summed E-state index contributed by atoms with van der Waals surface area (Å²) < 4.78 is 0. The van der Waals surface area contributed by atoms with Gasteiger partial charge in [0.05, 0.1) is 0 Å². The quantitative estimate of drug-likeness (QED) is 0.398. The number of hydrogen-bond donors (Lipinski definition) is 0. The van der Waals surface area contributed by atoms with Crippen molar-refractivity contribution in [1.29, 1.82) is 0 Å². The van der Waals surface area contributed by atoms with Crippen molar-refractivity contribution in [2.45, 2.75) is 59.3 Å². The molecule has 0 fully saturated rings. The normalized spacial score (nSPS) is 16.3. The van der Waals surface area contributed by atoms with E-state index in [1.54, 1.807) is 0 Å². The molecule has 0 saturated heterocycles. The molecule has 3 heteroatoms. The van der Waals surface area contributed by atoms with Gasteiger partial charge in [0.1, 0.15) is 0 Å². The van der Waals surface area contributed by atoms with Crippen molar-refractivity contribution in [3.05, 3.63) is 12.2 Å². The maximum atomic E-state index is 6.82. The van der Waals surface area contributed by atoms with Gasteiger partial charge in [0, 0.05) is 0 Å². The molecular weight excluding hydrogens is 258 g/mol. The SMILES string of the molecule is CC(C)CC=CCP(Cl)(Cl)(C(C)C)C(C)C. The third-order valence-electron chi connectivity index (χ3n) is 3.34. The van der Waals surface area contributed by atoms with E-state index in [1.807, 2.05) is 0 Å². The van der Waals surface area contributed by atoms with Gasteiger partial charge in [-0.05, 0) is 0 Å². The molecule has 0 rings (SSSR count). The third kappa shape index (κ3) is 4.21. The van der Waals surface area contributed by atoms with E-state index in [2.05, 4.69) is 53.7 Å². The minimum atomic E-state index is -2.59. The first kappa shape index (κ1) is 16.8. The molecule has 0 nitrogen and oxygen atoms in total. The zero-order valence-electron chi connectivity index (χ0n) is 11.5. The summed E-state index contributed by atoms with van der Waals surface area (Å²) >= 11 is 13.6. The van der Waals surface area contributed by atoms with Gasteiger partial charge in [-0.2, -0.15) is 0 Å². The van der Waals surface area contributed by atoms with E-state index >= 15 is 0 Å². The van der Waals surface area contributed by atoms with Crippen LogP contribution in [-0.2, 0) is 0 Å². The maximum absolute atomic E-state index is 6.82. The van der Waals surface area contributed by atoms with Crippen molar-refractivity contribution in [3.8, 4) is 0 Å². The predicted octanol–water partition coefficient (Wildman–Crippen LogP) is 6.27. The Bertz CT molecular complexity index is 230. The molecule has 0 aliphatic heterocycles. The molecule has 0 N–H and O–H groups in total. The van der Waals surface area contributed by atoms with Gasteiger partial charge < -0.3 is 0 Å². The van der Waals surface area contributed by atoms with Crippen LogP contribution in [0, 0.1) is 5.92 Å². The standard InChI is InChI=1S/C13H27Cl2P/c1-11(2)9-7-8-10-16(14,15,12(3)4)13(5)6/h7-8,11-13H,9-10H2,1-6H3. The van der Waals surface area contributed by atoms with E-state index in [1.165, 1.54) is 0 Å². The van der Waals surface area contributed by atoms with Gasteiger partial charge >= 0.3 is 111 Å². The minimum absolute atomic E-state index is 0.359. The first-order valence-electron chi connectivity index (χ1n) is 6.19. The van der Waals surface area contributed by atoms with E-state index in [4.69, 9.17) is 22.5 Å². The van der Waals surface area contributed by atoms with Crippen LogP contribution in [0.1, 0.15) is 48.0 Å². The topological polar surface area (TPSA) is 0 Å². The molecule has 0 aliphatic rings. The Kier molecular flexibility index (Phi) is 6.36. The van der Waals surface area contributed by atoms with Crippen LogP contribution in [-0.4, -0.2) is 17.5 Å². The van der Waals surface area contributed by atoms with Crippen LogP contribution in [0.4, 0.5) is 0 Å². The summed E-state index contributed by atoms with van der Waals surface area (Å²) in [6.45, 7) is 13.0. The molecule has 98 valence electrons. The van der Waals surface area contributed by atoms with E-state index in [0.717, 1.165) is 12.6 Å². The molecule has 0 saturated carbocycles. The van der Waals surface area contributed by atoms with Gasteiger partial charge in [-0.1, -0.05) is 0 Å². The second-order valence-electron chi connectivity index (χ2n) is 5.68. The van der Waals surface area contributed by atoms with Gasteiger partial charge in [-0.3, -0.25) is 0 Å². The summed E-state index contributed by atoms with van der Waals surface area (Å²) in [6, 6.07) is 0. The number of hydrogen-bond acceptors (Lipinski definition) is 0. The van der Waals surface area contributed by atoms with E-state index in [0.29, 0.717) is 17.2 Å². The number of allylic oxidation sites excluding steroid dienone is 2. The van der Waals surface area contributed by atoms with Crippen molar-refractivity contribution in [3.63, 3.8) is 0 Å². The molecule has 0 unspecified atom stereocenters. The Morgan fingerprint density at radius 2 is 1.31 bits per heavy atom. The molecule has 16 heavy (non-hydrogen) atoms. The second-order valence-corrected chi connectivity index (χ2v) is 15.8. The molecule has 0 heterocycles. The molecule has 0 aromatic heterocycles. The van der Waals surface area contributed by atoms with Crippen LogP contribution >= 0.6 is 27.8 Å². The summed E-state index contributed by atoms with van der Waals surface area (Å²) in [6.07, 6.45) is 6.37. The van der Waals surface area contributed by atoms with Crippen molar-refractivity contribution < 1.29 is 0 Å². The molecule has 0 aromatic rings. The first-order valence-corrected chi connectivity index (χ1v) is 10.6. The van der Waals surface area contributed by atoms with Gasteiger partial charge in [0.2, 0.25) is 0 Å². The predicted molar refractivity (Wildman–Crippen MR) is 82.4 cm³/mol. The van der Waals surface area contributed by atoms with Crippen molar-refractivity contribution >= 4 is 27.8 Å². The Labute approximate surface area is 111 Å². The zero-order chi connectivity index (χ0) is 13.0. The van der Waals surface area contributed by atoms with Crippen LogP contribution in [0.25, 0.3) is 0 Å². The Morgan fingerprint density at radius 3 is 1.62 bits per heavy atom. The Morgan fingerprint density at radius 1 is 0.875 bits per heavy atom. The summed E-state index contributed by atoms with van der Waals surface area (Å²) in [5.41, 5.74) is 0.719. The van der Waals surface area contributed by atoms with Crippen LogP contribution in [0.15, 0.2) is 12.2 Å². The van der Waals surface area contributed by atoms with Gasteiger partial charge in [-0.25, -0.2) is 0 Å². The van der Waals surface area contributed by atoms with Crippen LogP contribution in [0.5, 0.6) is 0 Å². The molecule has 0 bridgehead atoms. The zero-order valence-corrected chi connectivity index (χ0v) is 13.9. The third-order valence-corrected chi connectivity index (χ3v) is 14.0. The Hall–Kier alpha value is 0.750. The second kappa shape index (κ2) is 6.07. The molecule has 0 spiro atoms. The summed E-state index contributed by atoms with van der Waals surface area (Å²) in [4.78, 5) is 0. The van der Waals surface area contributed by atoms with Crippen LogP contribution in [0.3, 0.4) is 0 Å². The fourth-order valence-electron chi connectivity index (χ4n) is 1.66. The van der Waals surface area contributed by atoms with Crippen molar-refractivity contribution in [2.24, 2.45) is 5.92 Å². The summed E-state index contributed by atoms with van der Waals surface area (Å²) in [5.74, 6) is 0.700.